The van der Waals surface area contributed by atoms with Gasteiger partial charge in [0.2, 0.25) is 0 Å². The van der Waals surface area contributed by atoms with Crippen LogP contribution in [0.5, 0.6) is 0 Å². The van der Waals surface area contributed by atoms with Crippen LogP contribution in [0.1, 0.15) is 46.7 Å². The Labute approximate surface area is 166 Å². The Kier molecular flexibility index (Phi) is 6.41. The minimum atomic E-state index is -0.527. The number of aromatic nitrogens is 1. The molecule has 0 N–H and O–H groups in total. The Morgan fingerprint density at radius 2 is 1.50 bits per heavy atom. The molecule has 0 aliphatic carbocycles. The number of nitrogens with zero attached hydrogens (tertiary/aromatic N) is 1. The van der Waals surface area contributed by atoms with E-state index in [9.17, 15) is 13.6 Å². The zero-order valence-electron chi connectivity index (χ0n) is 15.4. The van der Waals surface area contributed by atoms with Gasteiger partial charge in [0.1, 0.15) is 22.8 Å². The van der Waals surface area contributed by atoms with Crippen LogP contribution in [0.3, 0.4) is 0 Å². The molecule has 3 nitrogen and oxygen atoms in total. The first-order valence-electron chi connectivity index (χ1n) is 8.77. The zero-order valence-corrected chi connectivity index (χ0v) is 16.2. The third kappa shape index (κ3) is 4.95. The summed E-state index contributed by atoms with van der Waals surface area (Å²) < 4.78 is 31.7. The predicted octanol–water partition coefficient (Wildman–Crippen LogP) is 6.13. The normalized spacial score (nSPS) is 13.0. The molecule has 0 aliphatic rings. The molecular formula is C22H19F2NO2S. The zero-order chi connectivity index (χ0) is 20.1. The number of pyridine rings is 1. The molecular weight excluding hydrogens is 380 g/mol. The van der Waals surface area contributed by atoms with E-state index in [1.165, 1.54) is 36.0 Å². The van der Waals surface area contributed by atoms with Crippen molar-refractivity contribution in [3.8, 4) is 0 Å². The van der Waals surface area contributed by atoms with Gasteiger partial charge in [-0.1, -0.05) is 36.0 Å². The molecule has 3 aromatic rings. The Bertz CT molecular complexity index is 946. The molecule has 3 rings (SSSR count). The van der Waals surface area contributed by atoms with E-state index in [1.54, 1.807) is 49.5 Å². The molecule has 2 atom stereocenters. The summed E-state index contributed by atoms with van der Waals surface area (Å²) in [6.45, 7) is 3.69. The van der Waals surface area contributed by atoms with Crippen LogP contribution in [0.4, 0.5) is 8.78 Å². The molecule has 0 spiro atoms. The molecule has 0 saturated heterocycles. The molecule has 2 aromatic carbocycles. The van der Waals surface area contributed by atoms with Gasteiger partial charge in [-0.3, -0.25) is 0 Å². The molecule has 0 aliphatic heterocycles. The summed E-state index contributed by atoms with van der Waals surface area (Å²) in [5.74, 6) is -1.14. The van der Waals surface area contributed by atoms with Crippen LogP contribution in [0.2, 0.25) is 0 Å². The SMILES string of the molecule is C[C@@H](OC(=O)c1cccnc1S[C@H](C)c1ccc(F)cc1)c1ccc(F)cc1. The third-order valence-electron chi connectivity index (χ3n) is 4.24. The smallest absolute Gasteiger partial charge is 0.341 e. The topological polar surface area (TPSA) is 39.2 Å². The summed E-state index contributed by atoms with van der Waals surface area (Å²) in [5.41, 5.74) is 1.99. The lowest BCUT2D eigenvalue weighted by molar-refractivity contribution is 0.0332. The third-order valence-corrected chi connectivity index (χ3v) is 5.42. The average Bonchev–Trinajstić information content (AvgIpc) is 2.69. The first-order chi connectivity index (χ1) is 13.4. The number of thioether (sulfide) groups is 1. The Morgan fingerprint density at radius 1 is 0.929 bits per heavy atom. The Morgan fingerprint density at radius 3 is 2.11 bits per heavy atom. The Hall–Kier alpha value is -2.73. The van der Waals surface area contributed by atoms with Crippen LogP contribution in [-0.4, -0.2) is 11.0 Å². The van der Waals surface area contributed by atoms with Crippen molar-refractivity contribution in [1.82, 2.24) is 4.98 Å². The maximum atomic E-state index is 13.1. The second-order valence-corrected chi connectivity index (χ2v) is 7.60. The van der Waals surface area contributed by atoms with Gasteiger partial charge in [-0.2, -0.15) is 0 Å². The molecule has 0 fully saturated rings. The van der Waals surface area contributed by atoms with Crippen molar-refractivity contribution in [2.75, 3.05) is 0 Å². The van der Waals surface area contributed by atoms with Crippen molar-refractivity contribution in [1.29, 1.82) is 0 Å². The van der Waals surface area contributed by atoms with Crippen molar-refractivity contribution in [2.24, 2.45) is 0 Å². The molecule has 0 radical (unpaired) electrons. The quantitative estimate of drug-likeness (QED) is 0.369. The lowest BCUT2D eigenvalue weighted by atomic mass is 10.1. The van der Waals surface area contributed by atoms with E-state index in [0.29, 0.717) is 16.2 Å². The number of benzene rings is 2. The van der Waals surface area contributed by atoms with Crippen LogP contribution in [-0.2, 0) is 4.74 Å². The number of hydrogen-bond donors (Lipinski definition) is 0. The van der Waals surface area contributed by atoms with E-state index in [2.05, 4.69) is 4.98 Å². The molecule has 1 heterocycles. The van der Waals surface area contributed by atoms with Gasteiger partial charge in [-0.05, 0) is 61.4 Å². The monoisotopic (exact) mass is 399 g/mol. The van der Waals surface area contributed by atoms with Crippen LogP contribution in [0, 0.1) is 11.6 Å². The lowest BCUT2D eigenvalue weighted by Gasteiger charge is -2.16. The van der Waals surface area contributed by atoms with Crippen molar-refractivity contribution in [3.63, 3.8) is 0 Å². The number of rotatable bonds is 6. The van der Waals surface area contributed by atoms with Gasteiger partial charge in [0.05, 0.1) is 5.56 Å². The number of carbonyl (C=O) groups excluding carboxylic acids is 1. The van der Waals surface area contributed by atoms with E-state index in [0.717, 1.165) is 5.56 Å². The van der Waals surface area contributed by atoms with E-state index in [-0.39, 0.29) is 16.9 Å². The van der Waals surface area contributed by atoms with Gasteiger partial charge in [0.25, 0.3) is 0 Å². The van der Waals surface area contributed by atoms with Crippen molar-refractivity contribution >= 4 is 17.7 Å². The molecule has 144 valence electrons. The average molecular weight is 399 g/mol. The van der Waals surface area contributed by atoms with Gasteiger partial charge in [0, 0.05) is 11.4 Å². The number of esters is 1. The number of halogens is 2. The van der Waals surface area contributed by atoms with Crippen molar-refractivity contribution < 1.29 is 18.3 Å². The second-order valence-electron chi connectivity index (χ2n) is 6.27. The van der Waals surface area contributed by atoms with Crippen LogP contribution < -0.4 is 0 Å². The number of carbonyl (C=O) groups is 1. The van der Waals surface area contributed by atoms with E-state index < -0.39 is 12.1 Å². The molecule has 0 bridgehead atoms. The maximum absolute atomic E-state index is 13.1. The molecule has 28 heavy (non-hydrogen) atoms. The summed E-state index contributed by atoms with van der Waals surface area (Å²) in [6, 6.07) is 15.4. The first-order valence-corrected chi connectivity index (χ1v) is 9.65. The first kappa shape index (κ1) is 20.0. The van der Waals surface area contributed by atoms with Gasteiger partial charge < -0.3 is 4.74 Å². The highest BCUT2D eigenvalue weighted by Crippen LogP contribution is 2.36. The fraction of sp³-hybridized carbons (Fsp3) is 0.182. The lowest BCUT2D eigenvalue weighted by Crippen LogP contribution is -2.11. The molecule has 0 saturated carbocycles. The van der Waals surface area contributed by atoms with Crippen molar-refractivity contribution in [2.45, 2.75) is 30.2 Å². The summed E-state index contributed by atoms with van der Waals surface area (Å²) >= 11 is 1.40. The molecule has 6 heteroatoms. The minimum absolute atomic E-state index is 0.0310. The van der Waals surface area contributed by atoms with Gasteiger partial charge >= 0.3 is 5.97 Å². The highest BCUT2D eigenvalue weighted by molar-refractivity contribution is 7.99. The van der Waals surface area contributed by atoms with Crippen LogP contribution >= 0.6 is 11.8 Å². The Balaban J connectivity index is 1.74. The van der Waals surface area contributed by atoms with E-state index in [4.69, 9.17) is 4.74 Å². The highest BCUT2D eigenvalue weighted by Gasteiger charge is 2.20. The highest BCUT2D eigenvalue weighted by atomic mass is 32.2. The fourth-order valence-corrected chi connectivity index (χ4v) is 3.66. The van der Waals surface area contributed by atoms with Gasteiger partial charge in [-0.15, -0.1) is 0 Å². The molecule has 1 aromatic heterocycles. The largest absolute Gasteiger partial charge is 0.454 e. The molecule has 0 amide bonds. The number of hydrogen-bond acceptors (Lipinski definition) is 4. The summed E-state index contributed by atoms with van der Waals surface area (Å²) in [6.07, 6.45) is 1.08. The van der Waals surface area contributed by atoms with Crippen LogP contribution in [0.25, 0.3) is 0 Å². The predicted molar refractivity (Wildman–Crippen MR) is 105 cm³/mol. The summed E-state index contributed by atoms with van der Waals surface area (Å²) in [5, 5.41) is 0.507. The van der Waals surface area contributed by atoms with Crippen molar-refractivity contribution in [3.05, 3.63) is 95.2 Å². The summed E-state index contributed by atoms with van der Waals surface area (Å²) in [7, 11) is 0. The maximum Gasteiger partial charge on any atom is 0.341 e. The minimum Gasteiger partial charge on any atom is -0.454 e. The number of ether oxygens (including phenoxy) is 1. The van der Waals surface area contributed by atoms with Crippen LogP contribution in [0.15, 0.2) is 71.9 Å². The van der Waals surface area contributed by atoms with Gasteiger partial charge in [-0.25, -0.2) is 18.6 Å². The molecule has 0 unspecified atom stereocenters. The summed E-state index contributed by atoms with van der Waals surface area (Å²) in [4.78, 5) is 17.0. The van der Waals surface area contributed by atoms with E-state index >= 15 is 0 Å². The fourth-order valence-electron chi connectivity index (χ4n) is 2.64. The van der Waals surface area contributed by atoms with Gasteiger partial charge in [0.15, 0.2) is 0 Å². The standard InChI is InChI=1S/C22H19F2NO2S/c1-14(16-5-9-18(23)10-6-16)27-22(26)20-4-3-13-25-21(20)28-15(2)17-7-11-19(24)12-8-17/h3-15H,1-2H3/t14-,15-/m1/s1. The second kappa shape index (κ2) is 8.97. The van der Waals surface area contributed by atoms with E-state index in [1.807, 2.05) is 6.92 Å².